The first kappa shape index (κ1) is 16.1. The fraction of sp³-hybridized carbons (Fsp3) is 0.389. The molecule has 0 radical (unpaired) electrons. The summed E-state index contributed by atoms with van der Waals surface area (Å²) in [7, 11) is 0. The summed E-state index contributed by atoms with van der Waals surface area (Å²) in [6.45, 7) is 5.37. The van der Waals surface area contributed by atoms with Gasteiger partial charge >= 0.3 is 0 Å². The Balaban J connectivity index is 1.58. The minimum atomic E-state index is -0.263. The minimum absolute atomic E-state index is 0.00681. The van der Waals surface area contributed by atoms with Gasteiger partial charge in [0.25, 0.3) is 0 Å². The third-order valence-electron chi connectivity index (χ3n) is 4.50. The Morgan fingerprint density at radius 3 is 2.87 bits per heavy atom. The summed E-state index contributed by atoms with van der Waals surface area (Å²) in [5, 5.41) is 5.13. The van der Waals surface area contributed by atoms with Crippen molar-refractivity contribution in [3.8, 4) is 0 Å². The van der Waals surface area contributed by atoms with Crippen LogP contribution < -0.4 is 5.32 Å². The number of hydrogen-bond donors (Lipinski definition) is 1. The van der Waals surface area contributed by atoms with E-state index in [4.69, 9.17) is 0 Å². The first-order valence-corrected chi connectivity index (χ1v) is 8.77. The molecule has 3 nitrogen and oxygen atoms in total. The number of rotatable bonds is 4. The molecule has 2 atom stereocenters. The lowest BCUT2D eigenvalue weighted by Gasteiger charge is -2.33. The average molecular weight is 332 g/mol. The number of halogens is 1. The SMILES string of the molecule is C[C@H](NC(=O)CN1CCc2sccc2[C@H]1C)c1ccc(F)cc1. The van der Waals surface area contributed by atoms with Crippen LogP contribution >= 0.6 is 11.3 Å². The van der Waals surface area contributed by atoms with Crippen LogP contribution in [0.5, 0.6) is 0 Å². The molecule has 1 amide bonds. The van der Waals surface area contributed by atoms with Gasteiger partial charge in [0.05, 0.1) is 12.6 Å². The second kappa shape index (κ2) is 6.81. The number of benzene rings is 1. The monoisotopic (exact) mass is 332 g/mol. The number of amides is 1. The van der Waals surface area contributed by atoms with Crippen LogP contribution in [0.25, 0.3) is 0 Å². The van der Waals surface area contributed by atoms with E-state index in [1.54, 1.807) is 23.5 Å². The fourth-order valence-corrected chi connectivity index (χ4v) is 4.05. The molecule has 1 aromatic carbocycles. The molecule has 5 heteroatoms. The molecule has 2 aromatic rings. The summed E-state index contributed by atoms with van der Waals surface area (Å²) in [6, 6.07) is 8.57. The molecule has 0 aliphatic carbocycles. The minimum Gasteiger partial charge on any atom is -0.348 e. The molecule has 1 N–H and O–H groups in total. The number of fused-ring (bicyclic) bond motifs is 1. The van der Waals surface area contributed by atoms with E-state index >= 15 is 0 Å². The third kappa shape index (κ3) is 3.62. The zero-order chi connectivity index (χ0) is 16.4. The zero-order valence-corrected chi connectivity index (χ0v) is 14.2. The molecule has 1 aliphatic rings. The van der Waals surface area contributed by atoms with Crippen molar-refractivity contribution >= 4 is 17.2 Å². The Morgan fingerprint density at radius 1 is 1.39 bits per heavy atom. The van der Waals surface area contributed by atoms with E-state index in [1.165, 1.54) is 22.6 Å². The number of hydrogen-bond acceptors (Lipinski definition) is 3. The van der Waals surface area contributed by atoms with Gasteiger partial charge in [-0.25, -0.2) is 4.39 Å². The molecule has 1 aliphatic heterocycles. The predicted molar refractivity (Wildman–Crippen MR) is 91.0 cm³/mol. The Hall–Kier alpha value is -1.72. The van der Waals surface area contributed by atoms with Gasteiger partial charge < -0.3 is 5.32 Å². The number of carbonyl (C=O) groups excluding carboxylic acids is 1. The van der Waals surface area contributed by atoms with E-state index in [0.29, 0.717) is 6.54 Å². The molecule has 0 unspecified atom stereocenters. The Morgan fingerprint density at radius 2 is 2.13 bits per heavy atom. The first-order chi connectivity index (χ1) is 11.0. The first-order valence-electron chi connectivity index (χ1n) is 7.89. The topological polar surface area (TPSA) is 32.3 Å². The molecule has 2 heterocycles. The summed E-state index contributed by atoms with van der Waals surface area (Å²) in [6.07, 6.45) is 1.01. The van der Waals surface area contributed by atoms with Crippen LogP contribution in [0.15, 0.2) is 35.7 Å². The molecule has 0 spiro atoms. The smallest absolute Gasteiger partial charge is 0.234 e. The maximum absolute atomic E-state index is 13.0. The van der Waals surface area contributed by atoms with Gasteiger partial charge in [-0.1, -0.05) is 12.1 Å². The lowest BCUT2D eigenvalue weighted by molar-refractivity contribution is -0.123. The van der Waals surface area contributed by atoms with Crippen molar-refractivity contribution in [2.75, 3.05) is 13.1 Å². The van der Waals surface area contributed by atoms with Crippen LogP contribution in [0.2, 0.25) is 0 Å². The molecular weight excluding hydrogens is 311 g/mol. The van der Waals surface area contributed by atoms with Crippen LogP contribution in [0.4, 0.5) is 4.39 Å². The predicted octanol–water partition coefficient (Wildman–Crippen LogP) is 3.68. The van der Waals surface area contributed by atoms with Crippen molar-refractivity contribution in [1.82, 2.24) is 10.2 Å². The molecule has 1 aromatic heterocycles. The Labute approximate surface area is 140 Å². The molecule has 122 valence electrons. The lowest BCUT2D eigenvalue weighted by Crippen LogP contribution is -2.42. The summed E-state index contributed by atoms with van der Waals surface area (Å²) in [4.78, 5) is 16.0. The van der Waals surface area contributed by atoms with Gasteiger partial charge in [-0.05, 0) is 55.0 Å². The van der Waals surface area contributed by atoms with Gasteiger partial charge in [0.2, 0.25) is 5.91 Å². The maximum atomic E-state index is 13.0. The Bertz CT molecular complexity index is 683. The van der Waals surface area contributed by atoms with Gasteiger partial charge in [0.15, 0.2) is 0 Å². The van der Waals surface area contributed by atoms with Crippen LogP contribution in [0.1, 0.15) is 41.9 Å². The van der Waals surface area contributed by atoms with Crippen molar-refractivity contribution in [3.63, 3.8) is 0 Å². The number of thiophene rings is 1. The van der Waals surface area contributed by atoms with Crippen molar-refractivity contribution in [2.45, 2.75) is 32.4 Å². The van der Waals surface area contributed by atoms with Crippen LogP contribution in [0.3, 0.4) is 0 Å². The van der Waals surface area contributed by atoms with E-state index in [9.17, 15) is 9.18 Å². The van der Waals surface area contributed by atoms with E-state index in [2.05, 4.69) is 28.6 Å². The van der Waals surface area contributed by atoms with Crippen LogP contribution in [0, 0.1) is 5.82 Å². The molecule has 0 saturated carbocycles. The lowest BCUT2D eigenvalue weighted by atomic mass is 10.0. The standard InChI is InChI=1S/C18H21FN2OS/c1-12(14-3-5-15(19)6-4-14)20-18(22)11-21-9-7-17-16(13(21)2)8-10-23-17/h3-6,8,10,12-13H,7,9,11H2,1-2H3,(H,20,22)/t12-,13+/m0/s1. The molecule has 0 bridgehead atoms. The van der Waals surface area contributed by atoms with E-state index in [-0.39, 0.29) is 23.8 Å². The van der Waals surface area contributed by atoms with Gasteiger partial charge in [-0.15, -0.1) is 11.3 Å². The zero-order valence-electron chi connectivity index (χ0n) is 13.4. The molecule has 3 rings (SSSR count). The highest BCUT2D eigenvalue weighted by Gasteiger charge is 2.26. The summed E-state index contributed by atoms with van der Waals surface area (Å²) in [5.74, 6) is -0.256. The number of nitrogens with zero attached hydrogens (tertiary/aromatic N) is 1. The summed E-state index contributed by atoms with van der Waals surface area (Å²) in [5.41, 5.74) is 2.26. The second-order valence-electron chi connectivity index (χ2n) is 6.04. The normalized spacial score (nSPS) is 19.2. The quantitative estimate of drug-likeness (QED) is 0.926. The summed E-state index contributed by atoms with van der Waals surface area (Å²) >= 11 is 1.80. The summed E-state index contributed by atoms with van der Waals surface area (Å²) < 4.78 is 13.0. The highest BCUT2D eigenvalue weighted by molar-refractivity contribution is 7.10. The molecular formula is C18H21FN2OS. The average Bonchev–Trinajstić information content (AvgIpc) is 3.00. The second-order valence-corrected chi connectivity index (χ2v) is 7.04. The van der Waals surface area contributed by atoms with E-state index < -0.39 is 0 Å². The van der Waals surface area contributed by atoms with Crippen LogP contribution in [-0.2, 0) is 11.2 Å². The number of nitrogens with one attached hydrogen (secondary N) is 1. The van der Waals surface area contributed by atoms with Gasteiger partial charge in [-0.2, -0.15) is 0 Å². The van der Waals surface area contributed by atoms with Crippen LogP contribution in [-0.4, -0.2) is 23.9 Å². The number of carbonyl (C=O) groups is 1. The Kier molecular flexibility index (Phi) is 4.78. The van der Waals surface area contributed by atoms with Crippen molar-refractivity contribution in [1.29, 1.82) is 0 Å². The van der Waals surface area contributed by atoms with E-state index in [1.807, 2.05) is 6.92 Å². The highest BCUT2D eigenvalue weighted by Crippen LogP contribution is 2.32. The fourth-order valence-electron chi connectivity index (χ4n) is 3.08. The van der Waals surface area contributed by atoms with Crippen molar-refractivity contribution in [2.24, 2.45) is 0 Å². The molecule has 23 heavy (non-hydrogen) atoms. The van der Waals surface area contributed by atoms with Gasteiger partial charge in [-0.3, -0.25) is 9.69 Å². The van der Waals surface area contributed by atoms with Gasteiger partial charge in [0.1, 0.15) is 5.82 Å². The maximum Gasteiger partial charge on any atom is 0.234 e. The van der Waals surface area contributed by atoms with Crippen molar-refractivity contribution in [3.05, 3.63) is 57.5 Å². The molecule has 0 fully saturated rings. The van der Waals surface area contributed by atoms with Crippen molar-refractivity contribution < 1.29 is 9.18 Å². The largest absolute Gasteiger partial charge is 0.348 e. The van der Waals surface area contributed by atoms with Gasteiger partial charge in [0, 0.05) is 17.5 Å². The highest BCUT2D eigenvalue weighted by atomic mass is 32.1. The molecule has 0 saturated heterocycles. The third-order valence-corrected chi connectivity index (χ3v) is 5.49. The van der Waals surface area contributed by atoms with E-state index in [0.717, 1.165) is 18.5 Å².